The number of aryl methyl sites for hydroxylation is 2. The minimum absolute atomic E-state index is 0. The van der Waals surface area contributed by atoms with Crippen molar-refractivity contribution in [3.63, 3.8) is 0 Å². The molecular formula is C22H30ClN3O. The van der Waals surface area contributed by atoms with E-state index in [2.05, 4.69) is 54.9 Å². The number of rotatable bonds is 3. The van der Waals surface area contributed by atoms with E-state index < -0.39 is 0 Å². The van der Waals surface area contributed by atoms with Crippen LogP contribution in [0.5, 0.6) is 0 Å². The molecule has 4 rings (SSSR count). The van der Waals surface area contributed by atoms with Crippen LogP contribution in [-0.2, 0) is 0 Å². The summed E-state index contributed by atoms with van der Waals surface area (Å²) >= 11 is 0. The number of halogens is 1. The first-order chi connectivity index (χ1) is 12.4. The zero-order valence-electron chi connectivity index (χ0n) is 16.7. The van der Waals surface area contributed by atoms with Gasteiger partial charge in [-0.3, -0.25) is 4.79 Å². The van der Waals surface area contributed by atoms with Gasteiger partial charge < -0.3 is 14.8 Å². The summed E-state index contributed by atoms with van der Waals surface area (Å²) in [4.78, 5) is 15.2. The number of nitrogens with one attached hydrogen (secondary N) is 1. The summed E-state index contributed by atoms with van der Waals surface area (Å²) in [7, 11) is 1.98. The Kier molecular flexibility index (Phi) is 5.68. The van der Waals surface area contributed by atoms with E-state index >= 15 is 0 Å². The predicted octanol–water partition coefficient (Wildman–Crippen LogP) is 4.18. The van der Waals surface area contributed by atoms with Crippen molar-refractivity contribution in [3.05, 3.63) is 52.8 Å². The summed E-state index contributed by atoms with van der Waals surface area (Å²) in [5.41, 5.74) is 5.32. The number of carbonyl (C=O) groups excluding carboxylic acids is 1. The van der Waals surface area contributed by atoms with Crippen LogP contribution in [0.25, 0.3) is 5.69 Å². The van der Waals surface area contributed by atoms with Crippen LogP contribution in [0.4, 0.5) is 0 Å². The van der Waals surface area contributed by atoms with Crippen LogP contribution >= 0.6 is 12.4 Å². The quantitative estimate of drug-likeness (QED) is 0.857. The van der Waals surface area contributed by atoms with Gasteiger partial charge in [0.25, 0.3) is 5.91 Å². The van der Waals surface area contributed by atoms with Crippen LogP contribution in [0.1, 0.15) is 53.0 Å². The predicted molar refractivity (Wildman–Crippen MR) is 112 cm³/mol. The van der Waals surface area contributed by atoms with Crippen molar-refractivity contribution in [2.45, 2.75) is 64.6 Å². The highest BCUT2D eigenvalue weighted by Gasteiger charge is 2.37. The molecule has 27 heavy (non-hydrogen) atoms. The van der Waals surface area contributed by atoms with E-state index in [0.717, 1.165) is 35.5 Å². The molecule has 2 fully saturated rings. The van der Waals surface area contributed by atoms with Crippen molar-refractivity contribution in [1.82, 2.24) is 14.8 Å². The molecule has 2 aromatic rings. The largest absolute Gasteiger partial charge is 0.339 e. The fraction of sp³-hybridized carbons (Fsp3) is 0.500. The number of hydrogen-bond donors (Lipinski definition) is 1. The third-order valence-electron chi connectivity index (χ3n) is 6.24. The molecule has 2 bridgehead atoms. The lowest BCUT2D eigenvalue weighted by atomic mass is 9.98. The van der Waals surface area contributed by atoms with E-state index in [0.29, 0.717) is 18.1 Å². The van der Waals surface area contributed by atoms with Gasteiger partial charge in [0.1, 0.15) is 0 Å². The SMILES string of the molecule is Cc1cccc(-n2c(C)cc(C(=O)N(C)C3CC4CCC(C3)N4)c2C)c1.Cl. The fourth-order valence-electron chi connectivity index (χ4n) is 4.84. The smallest absolute Gasteiger partial charge is 0.255 e. The summed E-state index contributed by atoms with van der Waals surface area (Å²) in [6.07, 6.45) is 4.67. The van der Waals surface area contributed by atoms with Gasteiger partial charge in [0.05, 0.1) is 5.56 Å². The van der Waals surface area contributed by atoms with Gasteiger partial charge in [-0.2, -0.15) is 0 Å². The van der Waals surface area contributed by atoms with Crippen molar-refractivity contribution < 1.29 is 4.79 Å². The Morgan fingerprint density at radius 2 is 1.78 bits per heavy atom. The van der Waals surface area contributed by atoms with Gasteiger partial charge in [-0.25, -0.2) is 0 Å². The Morgan fingerprint density at radius 3 is 2.41 bits per heavy atom. The molecule has 3 heterocycles. The molecule has 0 aliphatic carbocycles. The molecule has 2 aliphatic rings. The number of fused-ring (bicyclic) bond motifs is 2. The van der Waals surface area contributed by atoms with Gasteiger partial charge in [-0.05, 0) is 70.2 Å². The van der Waals surface area contributed by atoms with Crippen molar-refractivity contribution in [3.8, 4) is 5.69 Å². The van der Waals surface area contributed by atoms with E-state index in [1.54, 1.807) is 0 Å². The lowest BCUT2D eigenvalue weighted by Gasteiger charge is -2.35. The molecular weight excluding hydrogens is 358 g/mol. The maximum atomic E-state index is 13.3. The first kappa shape index (κ1) is 20.0. The number of hydrogen-bond acceptors (Lipinski definition) is 2. The van der Waals surface area contributed by atoms with Gasteiger partial charge in [-0.15, -0.1) is 12.4 Å². The molecule has 1 amide bonds. The Morgan fingerprint density at radius 1 is 1.11 bits per heavy atom. The average Bonchev–Trinajstić information content (AvgIpc) is 3.11. The maximum Gasteiger partial charge on any atom is 0.255 e. The highest BCUT2D eigenvalue weighted by Crippen LogP contribution is 2.31. The minimum atomic E-state index is 0. The summed E-state index contributed by atoms with van der Waals surface area (Å²) in [5, 5.41) is 3.66. The number of carbonyl (C=O) groups is 1. The monoisotopic (exact) mass is 387 g/mol. The Labute approximate surface area is 168 Å². The van der Waals surface area contributed by atoms with Crippen molar-refractivity contribution in [1.29, 1.82) is 0 Å². The van der Waals surface area contributed by atoms with Crippen LogP contribution in [0.2, 0.25) is 0 Å². The normalized spacial score (nSPS) is 23.8. The Balaban J connectivity index is 0.00000210. The van der Waals surface area contributed by atoms with Crippen LogP contribution < -0.4 is 5.32 Å². The standard InChI is InChI=1S/C22H29N3O.ClH/c1-14-6-5-7-19(10-14)25-15(2)11-21(16(25)3)22(26)24(4)20-12-17-8-9-18(13-20)23-17;/h5-7,10-11,17-18,20,23H,8-9,12-13H2,1-4H3;1H. The summed E-state index contributed by atoms with van der Waals surface area (Å²) in [6, 6.07) is 12.0. The molecule has 4 nitrogen and oxygen atoms in total. The fourth-order valence-corrected chi connectivity index (χ4v) is 4.84. The lowest BCUT2D eigenvalue weighted by molar-refractivity contribution is 0.0681. The topological polar surface area (TPSA) is 37.3 Å². The molecule has 2 saturated heterocycles. The van der Waals surface area contributed by atoms with E-state index in [4.69, 9.17) is 0 Å². The van der Waals surface area contributed by atoms with Gasteiger partial charge in [0, 0.05) is 42.2 Å². The van der Waals surface area contributed by atoms with E-state index in [1.165, 1.54) is 18.4 Å². The second-order valence-electron chi connectivity index (χ2n) is 8.14. The number of piperidine rings is 1. The molecule has 1 N–H and O–H groups in total. The molecule has 0 radical (unpaired) electrons. The van der Waals surface area contributed by atoms with Gasteiger partial charge >= 0.3 is 0 Å². The second kappa shape index (κ2) is 7.69. The first-order valence-corrected chi connectivity index (χ1v) is 9.73. The second-order valence-corrected chi connectivity index (χ2v) is 8.14. The summed E-state index contributed by atoms with van der Waals surface area (Å²) in [5.74, 6) is 0.156. The molecule has 5 heteroatoms. The highest BCUT2D eigenvalue weighted by atomic mass is 35.5. The first-order valence-electron chi connectivity index (χ1n) is 9.73. The van der Waals surface area contributed by atoms with Crippen molar-refractivity contribution in [2.24, 2.45) is 0 Å². The van der Waals surface area contributed by atoms with Crippen LogP contribution in [0.3, 0.4) is 0 Å². The molecule has 146 valence electrons. The zero-order valence-corrected chi connectivity index (χ0v) is 17.5. The molecule has 2 aliphatic heterocycles. The van der Waals surface area contributed by atoms with Crippen molar-refractivity contribution >= 4 is 18.3 Å². The number of amides is 1. The summed E-state index contributed by atoms with van der Waals surface area (Å²) in [6.45, 7) is 6.24. The van der Waals surface area contributed by atoms with E-state index in [1.807, 2.05) is 18.0 Å². The molecule has 0 spiro atoms. The molecule has 1 aromatic carbocycles. The lowest BCUT2D eigenvalue weighted by Crippen LogP contribution is -2.48. The van der Waals surface area contributed by atoms with Gasteiger partial charge in [-0.1, -0.05) is 12.1 Å². The average molecular weight is 388 g/mol. The molecule has 2 atom stereocenters. The Bertz CT molecular complexity index is 832. The molecule has 1 aromatic heterocycles. The highest BCUT2D eigenvalue weighted by molar-refractivity contribution is 5.96. The third kappa shape index (κ3) is 3.65. The van der Waals surface area contributed by atoms with Gasteiger partial charge in [0.15, 0.2) is 0 Å². The maximum absolute atomic E-state index is 13.3. The number of nitrogens with zero attached hydrogens (tertiary/aromatic N) is 2. The van der Waals surface area contributed by atoms with Crippen LogP contribution in [0.15, 0.2) is 30.3 Å². The van der Waals surface area contributed by atoms with E-state index in [9.17, 15) is 4.79 Å². The van der Waals surface area contributed by atoms with Crippen LogP contribution in [-0.4, -0.2) is 40.5 Å². The molecule has 2 unspecified atom stereocenters. The van der Waals surface area contributed by atoms with Gasteiger partial charge in [0.2, 0.25) is 0 Å². The zero-order chi connectivity index (χ0) is 18.4. The van der Waals surface area contributed by atoms with Crippen molar-refractivity contribution in [2.75, 3.05) is 7.05 Å². The summed E-state index contributed by atoms with van der Waals surface area (Å²) < 4.78 is 2.19. The molecule has 0 saturated carbocycles. The Hall–Kier alpha value is -1.78. The number of aromatic nitrogens is 1. The third-order valence-corrected chi connectivity index (χ3v) is 6.24. The van der Waals surface area contributed by atoms with Crippen LogP contribution in [0, 0.1) is 20.8 Å². The number of benzene rings is 1. The minimum Gasteiger partial charge on any atom is -0.339 e. The van der Waals surface area contributed by atoms with E-state index in [-0.39, 0.29) is 18.3 Å².